The van der Waals surface area contributed by atoms with Crippen LogP contribution in [0.25, 0.3) is 0 Å². The fraction of sp³-hybridized carbons (Fsp3) is 0.400. The van der Waals surface area contributed by atoms with Crippen LogP contribution in [-0.4, -0.2) is 39.2 Å². The fourth-order valence-electron chi connectivity index (χ4n) is 1.84. The van der Waals surface area contributed by atoms with Gasteiger partial charge in [0.05, 0.1) is 39.9 Å². The van der Waals surface area contributed by atoms with Gasteiger partial charge in [-0.1, -0.05) is 6.08 Å². The number of ether oxygens (including phenoxy) is 3. The summed E-state index contributed by atoms with van der Waals surface area (Å²) in [5, 5.41) is 0. The SMILES string of the molecule is COC(=O)CC(C(=O)OC)/C(=C/Cc1ccco1)C(=O)OC. The van der Waals surface area contributed by atoms with E-state index in [4.69, 9.17) is 4.42 Å². The zero-order valence-electron chi connectivity index (χ0n) is 12.7. The molecule has 7 heteroatoms. The number of methoxy groups -OCH3 is 3. The Morgan fingerprint density at radius 1 is 1.18 bits per heavy atom. The minimum absolute atomic E-state index is 0.0242. The van der Waals surface area contributed by atoms with Crippen LogP contribution in [0, 0.1) is 5.92 Å². The topological polar surface area (TPSA) is 92.0 Å². The van der Waals surface area contributed by atoms with Gasteiger partial charge in [0.1, 0.15) is 5.76 Å². The van der Waals surface area contributed by atoms with Gasteiger partial charge < -0.3 is 18.6 Å². The summed E-state index contributed by atoms with van der Waals surface area (Å²) < 4.78 is 19.0. The lowest BCUT2D eigenvalue weighted by molar-refractivity contribution is -0.152. The molecule has 0 bridgehead atoms. The van der Waals surface area contributed by atoms with Crippen LogP contribution in [0.15, 0.2) is 34.5 Å². The molecule has 0 aromatic carbocycles. The van der Waals surface area contributed by atoms with Gasteiger partial charge in [0.2, 0.25) is 0 Å². The van der Waals surface area contributed by atoms with Gasteiger partial charge in [-0.25, -0.2) is 4.79 Å². The zero-order valence-corrected chi connectivity index (χ0v) is 12.7. The molecule has 0 N–H and O–H groups in total. The van der Waals surface area contributed by atoms with E-state index < -0.39 is 23.8 Å². The van der Waals surface area contributed by atoms with E-state index in [9.17, 15) is 14.4 Å². The Balaban J connectivity index is 3.07. The maximum atomic E-state index is 11.9. The fourth-order valence-corrected chi connectivity index (χ4v) is 1.84. The van der Waals surface area contributed by atoms with E-state index in [2.05, 4.69) is 14.2 Å². The molecule has 0 aliphatic heterocycles. The normalized spacial score (nSPS) is 12.4. The average Bonchev–Trinajstić information content (AvgIpc) is 3.05. The molecule has 1 rings (SSSR count). The number of allylic oxidation sites excluding steroid dienone is 1. The van der Waals surface area contributed by atoms with Crippen LogP contribution in [-0.2, 0) is 35.0 Å². The zero-order chi connectivity index (χ0) is 16.5. The van der Waals surface area contributed by atoms with Crippen LogP contribution in [0.3, 0.4) is 0 Å². The highest BCUT2D eigenvalue weighted by Gasteiger charge is 2.31. The van der Waals surface area contributed by atoms with Crippen molar-refractivity contribution < 1.29 is 33.0 Å². The third-order valence-corrected chi connectivity index (χ3v) is 2.98. The third kappa shape index (κ3) is 4.76. The van der Waals surface area contributed by atoms with Gasteiger partial charge in [0.15, 0.2) is 0 Å². The molecular formula is C15H18O7. The van der Waals surface area contributed by atoms with Gasteiger partial charge in [-0.05, 0) is 12.1 Å². The summed E-state index contributed by atoms with van der Waals surface area (Å²) in [5.74, 6) is -2.57. The molecule has 0 aliphatic carbocycles. The minimum atomic E-state index is -1.10. The molecule has 0 spiro atoms. The molecule has 0 saturated heterocycles. The second-order valence-electron chi connectivity index (χ2n) is 4.29. The molecule has 1 atom stereocenters. The van der Waals surface area contributed by atoms with Crippen LogP contribution in [0.2, 0.25) is 0 Å². The van der Waals surface area contributed by atoms with E-state index in [0.717, 1.165) is 0 Å². The van der Waals surface area contributed by atoms with E-state index in [-0.39, 0.29) is 18.4 Å². The Hall–Kier alpha value is -2.57. The molecule has 0 radical (unpaired) electrons. The van der Waals surface area contributed by atoms with Crippen LogP contribution in [0.1, 0.15) is 12.2 Å². The smallest absolute Gasteiger partial charge is 0.334 e. The number of hydrogen-bond acceptors (Lipinski definition) is 7. The molecule has 0 amide bonds. The summed E-state index contributed by atoms with van der Waals surface area (Å²) in [6.45, 7) is 0. The number of esters is 3. The van der Waals surface area contributed by atoms with Crippen molar-refractivity contribution in [1.29, 1.82) is 0 Å². The average molecular weight is 310 g/mol. The van der Waals surface area contributed by atoms with E-state index in [1.807, 2.05) is 0 Å². The van der Waals surface area contributed by atoms with Crippen molar-refractivity contribution in [2.45, 2.75) is 12.8 Å². The quantitative estimate of drug-likeness (QED) is 0.425. The third-order valence-electron chi connectivity index (χ3n) is 2.98. The maximum absolute atomic E-state index is 11.9. The van der Waals surface area contributed by atoms with Crippen molar-refractivity contribution in [3.05, 3.63) is 35.8 Å². The Morgan fingerprint density at radius 3 is 2.41 bits per heavy atom. The Kier molecular flexibility index (Phi) is 6.88. The lowest BCUT2D eigenvalue weighted by Gasteiger charge is -2.15. The summed E-state index contributed by atoms with van der Waals surface area (Å²) in [6, 6.07) is 3.42. The monoisotopic (exact) mass is 310 g/mol. The predicted molar refractivity (Wildman–Crippen MR) is 74.7 cm³/mol. The van der Waals surface area contributed by atoms with Gasteiger partial charge in [-0.15, -0.1) is 0 Å². The molecule has 0 saturated carbocycles. The second-order valence-corrected chi connectivity index (χ2v) is 4.29. The van der Waals surface area contributed by atoms with Crippen molar-refractivity contribution in [2.75, 3.05) is 21.3 Å². The number of carbonyl (C=O) groups is 3. The Morgan fingerprint density at radius 2 is 1.91 bits per heavy atom. The highest BCUT2D eigenvalue weighted by molar-refractivity contribution is 5.97. The molecule has 0 aliphatic rings. The number of carbonyl (C=O) groups excluding carboxylic acids is 3. The van der Waals surface area contributed by atoms with Gasteiger partial charge in [0, 0.05) is 12.0 Å². The first-order valence-corrected chi connectivity index (χ1v) is 6.48. The summed E-state index contributed by atoms with van der Waals surface area (Å²) in [7, 11) is 3.56. The summed E-state index contributed by atoms with van der Waals surface area (Å²) >= 11 is 0. The molecule has 0 fully saturated rings. The van der Waals surface area contributed by atoms with Crippen LogP contribution < -0.4 is 0 Å². The van der Waals surface area contributed by atoms with E-state index >= 15 is 0 Å². The minimum Gasteiger partial charge on any atom is -0.469 e. The van der Waals surface area contributed by atoms with Crippen molar-refractivity contribution in [1.82, 2.24) is 0 Å². The summed E-state index contributed by atoms with van der Waals surface area (Å²) in [5.41, 5.74) is 0.0242. The highest BCUT2D eigenvalue weighted by atomic mass is 16.5. The molecule has 120 valence electrons. The molecule has 1 heterocycles. The maximum Gasteiger partial charge on any atom is 0.334 e. The molecule has 1 aromatic heterocycles. The standard InChI is InChI=1S/C15H18O7/c1-19-13(16)9-12(15(18)21-3)11(14(17)20-2)7-6-10-5-4-8-22-10/h4-5,7-8,12H,6,9H2,1-3H3/b11-7-. The Labute approximate surface area is 127 Å². The summed E-state index contributed by atoms with van der Waals surface area (Å²) in [4.78, 5) is 35.3. The Bertz CT molecular complexity index is 542. The lowest BCUT2D eigenvalue weighted by Crippen LogP contribution is -2.27. The van der Waals surface area contributed by atoms with E-state index in [1.165, 1.54) is 33.7 Å². The first kappa shape index (κ1) is 17.5. The van der Waals surface area contributed by atoms with E-state index in [1.54, 1.807) is 12.1 Å². The van der Waals surface area contributed by atoms with Crippen LogP contribution >= 0.6 is 0 Å². The van der Waals surface area contributed by atoms with Gasteiger partial charge in [0.25, 0.3) is 0 Å². The molecule has 7 nitrogen and oxygen atoms in total. The highest BCUT2D eigenvalue weighted by Crippen LogP contribution is 2.20. The first-order valence-electron chi connectivity index (χ1n) is 6.48. The molecule has 1 unspecified atom stereocenters. The predicted octanol–water partition coefficient (Wildman–Crippen LogP) is 1.27. The second kappa shape index (κ2) is 8.66. The largest absolute Gasteiger partial charge is 0.469 e. The van der Waals surface area contributed by atoms with Gasteiger partial charge in [-0.2, -0.15) is 0 Å². The van der Waals surface area contributed by atoms with Gasteiger partial charge in [-0.3, -0.25) is 9.59 Å². The molecule has 22 heavy (non-hydrogen) atoms. The number of hydrogen-bond donors (Lipinski definition) is 0. The van der Waals surface area contributed by atoms with Crippen molar-refractivity contribution in [3.63, 3.8) is 0 Å². The lowest BCUT2D eigenvalue weighted by atomic mass is 9.94. The van der Waals surface area contributed by atoms with Gasteiger partial charge >= 0.3 is 17.9 Å². The number of rotatable bonds is 7. The first-order chi connectivity index (χ1) is 10.5. The van der Waals surface area contributed by atoms with Crippen molar-refractivity contribution >= 4 is 17.9 Å². The van der Waals surface area contributed by atoms with Crippen molar-refractivity contribution in [2.24, 2.45) is 5.92 Å². The summed E-state index contributed by atoms with van der Waals surface area (Å²) in [6.07, 6.45) is 2.93. The molecule has 1 aromatic rings. The van der Waals surface area contributed by atoms with Crippen LogP contribution in [0.5, 0.6) is 0 Å². The van der Waals surface area contributed by atoms with E-state index in [0.29, 0.717) is 5.76 Å². The number of furan rings is 1. The van der Waals surface area contributed by atoms with Crippen LogP contribution in [0.4, 0.5) is 0 Å². The molecular weight excluding hydrogens is 292 g/mol. The van der Waals surface area contributed by atoms with Crippen molar-refractivity contribution in [3.8, 4) is 0 Å².